The molecule has 196 valence electrons. The largest absolute Gasteiger partial charge is 0.494 e. The van der Waals surface area contributed by atoms with E-state index in [0.717, 1.165) is 30.6 Å². The van der Waals surface area contributed by atoms with Gasteiger partial charge in [0.05, 0.1) is 35.9 Å². The number of aromatic nitrogens is 1. The predicted octanol–water partition coefficient (Wildman–Crippen LogP) is 6.05. The Kier molecular flexibility index (Phi) is 7.28. The number of thiazole rings is 1. The topological polar surface area (TPSA) is 98.9 Å². The van der Waals surface area contributed by atoms with Crippen LogP contribution in [0.3, 0.4) is 0 Å². The average Bonchev–Trinajstić information content (AvgIpc) is 3.44. The number of para-hydroxylation sites is 1. The quantitative estimate of drug-likeness (QED) is 0.191. The Bertz CT molecular complexity index is 1570. The number of benzene rings is 2. The maximum absolute atomic E-state index is 13.8. The second-order valence-corrected chi connectivity index (χ2v) is 9.98. The Morgan fingerprint density at radius 1 is 1.11 bits per heavy atom. The van der Waals surface area contributed by atoms with Crippen molar-refractivity contribution in [3.63, 3.8) is 0 Å². The van der Waals surface area contributed by atoms with Crippen LogP contribution < -0.4 is 15.1 Å². The summed E-state index contributed by atoms with van der Waals surface area (Å²) in [6.07, 6.45) is 3.09. The molecule has 5 rings (SSSR count). The van der Waals surface area contributed by atoms with Gasteiger partial charge in [-0.1, -0.05) is 55.4 Å². The zero-order valence-corrected chi connectivity index (χ0v) is 22.3. The number of esters is 1. The van der Waals surface area contributed by atoms with Gasteiger partial charge in [0.15, 0.2) is 10.6 Å². The number of hydrogen-bond acceptors (Lipinski definition) is 8. The van der Waals surface area contributed by atoms with Crippen LogP contribution in [0.2, 0.25) is 0 Å². The summed E-state index contributed by atoms with van der Waals surface area (Å²) in [7, 11) is 0. The van der Waals surface area contributed by atoms with Gasteiger partial charge in [0.2, 0.25) is 5.76 Å². The van der Waals surface area contributed by atoms with Crippen molar-refractivity contribution in [2.45, 2.75) is 46.1 Å². The first-order valence-electron chi connectivity index (χ1n) is 12.7. The van der Waals surface area contributed by atoms with Crippen LogP contribution in [0.5, 0.6) is 5.75 Å². The van der Waals surface area contributed by atoms with Gasteiger partial charge in [0.25, 0.3) is 5.91 Å². The molecule has 0 N–H and O–H groups in total. The Labute approximate surface area is 223 Å². The normalized spacial score (nSPS) is 14.7. The molecule has 0 saturated carbocycles. The third kappa shape index (κ3) is 4.58. The van der Waals surface area contributed by atoms with Gasteiger partial charge in [-0.05, 0) is 50.1 Å². The van der Waals surface area contributed by atoms with E-state index in [2.05, 4.69) is 11.9 Å². The van der Waals surface area contributed by atoms with E-state index in [4.69, 9.17) is 13.9 Å². The van der Waals surface area contributed by atoms with Crippen molar-refractivity contribution in [1.29, 1.82) is 0 Å². The molecule has 1 atom stereocenters. The minimum absolute atomic E-state index is 0.0292. The highest BCUT2D eigenvalue weighted by molar-refractivity contribution is 7.17. The molecule has 38 heavy (non-hydrogen) atoms. The molecule has 0 spiro atoms. The third-order valence-electron chi connectivity index (χ3n) is 6.42. The molecule has 3 heterocycles. The lowest BCUT2D eigenvalue weighted by Gasteiger charge is -2.23. The number of anilines is 1. The number of fused-ring (bicyclic) bond motifs is 2. The summed E-state index contributed by atoms with van der Waals surface area (Å²) in [5, 5.41) is 0.671. The zero-order chi connectivity index (χ0) is 26.8. The standard InChI is InChI=1S/C29H28N2O6S/c1-4-6-9-15-36-19-12-10-11-18(16-19)23-22-24(32)20-13-7-8-14-21(20)37-25(22)27(33)31(23)29-30-17(3)26(38-29)28(34)35-5-2/h7-8,10-14,16,23H,4-6,9,15H2,1-3H3/t23-/m0/s1. The summed E-state index contributed by atoms with van der Waals surface area (Å²) in [4.78, 5) is 46.4. The van der Waals surface area contributed by atoms with E-state index in [1.807, 2.05) is 24.3 Å². The Morgan fingerprint density at radius 2 is 1.92 bits per heavy atom. The fourth-order valence-electron chi connectivity index (χ4n) is 4.62. The molecule has 1 amide bonds. The van der Waals surface area contributed by atoms with Crippen LogP contribution in [-0.2, 0) is 4.74 Å². The highest BCUT2D eigenvalue weighted by Gasteiger charge is 2.45. The third-order valence-corrected chi connectivity index (χ3v) is 7.56. The molecular weight excluding hydrogens is 504 g/mol. The molecule has 4 aromatic rings. The molecule has 9 heteroatoms. The van der Waals surface area contributed by atoms with Crippen molar-refractivity contribution in [2.75, 3.05) is 18.1 Å². The summed E-state index contributed by atoms with van der Waals surface area (Å²) in [5.74, 6) is -0.381. The van der Waals surface area contributed by atoms with Crippen molar-refractivity contribution >= 4 is 39.3 Å². The van der Waals surface area contributed by atoms with Crippen molar-refractivity contribution in [2.24, 2.45) is 0 Å². The fourth-order valence-corrected chi connectivity index (χ4v) is 5.61. The van der Waals surface area contributed by atoms with Gasteiger partial charge in [0, 0.05) is 0 Å². The minimum atomic E-state index is -0.807. The Hall–Kier alpha value is -3.98. The lowest BCUT2D eigenvalue weighted by molar-refractivity contribution is 0.0531. The van der Waals surface area contributed by atoms with Gasteiger partial charge < -0.3 is 13.9 Å². The number of ether oxygens (including phenoxy) is 2. The summed E-state index contributed by atoms with van der Waals surface area (Å²) < 4.78 is 17.1. The number of hydrogen-bond donors (Lipinski definition) is 0. The van der Waals surface area contributed by atoms with Gasteiger partial charge in [-0.15, -0.1) is 0 Å². The van der Waals surface area contributed by atoms with Crippen molar-refractivity contribution in [1.82, 2.24) is 4.98 Å². The molecule has 0 saturated heterocycles. The van der Waals surface area contributed by atoms with E-state index in [0.29, 0.717) is 39.5 Å². The summed E-state index contributed by atoms with van der Waals surface area (Å²) in [5.41, 5.74) is 1.42. The van der Waals surface area contributed by atoms with Crippen LogP contribution in [0.15, 0.2) is 57.7 Å². The number of nitrogens with zero attached hydrogens (tertiary/aromatic N) is 2. The molecule has 2 aromatic carbocycles. The van der Waals surface area contributed by atoms with E-state index in [1.54, 1.807) is 38.1 Å². The first-order valence-corrected chi connectivity index (χ1v) is 13.5. The molecule has 8 nitrogen and oxygen atoms in total. The van der Waals surface area contributed by atoms with E-state index >= 15 is 0 Å². The maximum Gasteiger partial charge on any atom is 0.350 e. The smallest absolute Gasteiger partial charge is 0.350 e. The van der Waals surface area contributed by atoms with E-state index in [-0.39, 0.29) is 28.5 Å². The Morgan fingerprint density at radius 3 is 2.71 bits per heavy atom. The monoisotopic (exact) mass is 532 g/mol. The van der Waals surface area contributed by atoms with Gasteiger partial charge in [-0.2, -0.15) is 0 Å². The number of rotatable bonds is 9. The van der Waals surface area contributed by atoms with Crippen LogP contribution in [0.1, 0.15) is 76.2 Å². The lowest BCUT2D eigenvalue weighted by Crippen LogP contribution is -2.29. The fraction of sp³-hybridized carbons (Fsp3) is 0.310. The minimum Gasteiger partial charge on any atom is -0.494 e. The highest BCUT2D eigenvalue weighted by Crippen LogP contribution is 2.43. The predicted molar refractivity (Wildman–Crippen MR) is 145 cm³/mol. The summed E-state index contributed by atoms with van der Waals surface area (Å²) in [6, 6.07) is 13.4. The zero-order valence-electron chi connectivity index (χ0n) is 21.5. The first kappa shape index (κ1) is 25.7. The SMILES string of the molecule is CCCCCOc1cccc([C@H]2c3c(oc4ccccc4c3=O)C(=O)N2c2nc(C)c(C(=O)OCC)s2)c1. The number of amides is 1. The van der Waals surface area contributed by atoms with Gasteiger partial charge in [-0.25, -0.2) is 9.78 Å². The van der Waals surface area contributed by atoms with Gasteiger partial charge >= 0.3 is 5.97 Å². The van der Waals surface area contributed by atoms with E-state index in [9.17, 15) is 14.4 Å². The first-order chi connectivity index (χ1) is 18.4. The van der Waals surface area contributed by atoms with Crippen molar-refractivity contribution in [3.05, 3.63) is 86.2 Å². The second kappa shape index (κ2) is 10.8. The molecule has 2 aromatic heterocycles. The number of unbranched alkanes of at least 4 members (excludes halogenated alkanes) is 2. The van der Waals surface area contributed by atoms with E-state index in [1.165, 1.54) is 4.90 Å². The summed E-state index contributed by atoms with van der Waals surface area (Å²) in [6.45, 7) is 6.34. The molecular formula is C29H28N2O6S. The molecule has 1 aliphatic heterocycles. The van der Waals surface area contributed by atoms with E-state index < -0.39 is 17.9 Å². The average molecular weight is 533 g/mol. The van der Waals surface area contributed by atoms with Crippen LogP contribution in [0, 0.1) is 6.92 Å². The van der Waals surface area contributed by atoms with Crippen molar-refractivity contribution < 1.29 is 23.5 Å². The Balaban J connectivity index is 1.65. The lowest BCUT2D eigenvalue weighted by atomic mass is 9.98. The molecule has 0 bridgehead atoms. The van der Waals surface area contributed by atoms with Crippen LogP contribution >= 0.6 is 11.3 Å². The highest BCUT2D eigenvalue weighted by atomic mass is 32.1. The molecule has 0 aliphatic carbocycles. The molecule has 0 fully saturated rings. The van der Waals surface area contributed by atoms with Crippen LogP contribution in [-0.4, -0.2) is 30.1 Å². The maximum atomic E-state index is 13.8. The number of carbonyl (C=O) groups is 2. The van der Waals surface area contributed by atoms with Gasteiger partial charge in [-0.3, -0.25) is 14.5 Å². The number of carbonyl (C=O) groups excluding carboxylic acids is 2. The molecule has 0 radical (unpaired) electrons. The number of aryl methyl sites for hydroxylation is 1. The second-order valence-electron chi connectivity index (χ2n) is 9.01. The van der Waals surface area contributed by atoms with Gasteiger partial charge in [0.1, 0.15) is 16.2 Å². The van der Waals surface area contributed by atoms with Crippen LogP contribution in [0.4, 0.5) is 5.13 Å². The summed E-state index contributed by atoms with van der Waals surface area (Å²) >= 11 is 1.06. The van der Waals surface area contributed by atoms with Crippen molar-refractivity contribution in [3.8, 4) is 5.75 Å². The molecule has 1 aliphatic rings. The van der Waals surface area contributed by atoms with Crippen LogP contribution in [0.25, 0.3) is 11.0 Å². The molecule has 0 unspecified atom stereocenters.